The lowest BCUT2D eigenvalue weighted by atomic mass is 9.89. The molecule has 1 saturated heterocycles. The van der Waals surface area contributed by atoms with Crippen LogP contribution in [-0.4, -0.2) is 46.6 Å². The summed E-state index contributed by atoms with van der Waals surface area (Å²) in [5.74, 6) is 0. The number of alkyl halides is 3. The molecule has 0 spiro atoms. The first kappa shape index (κ1) is 15.1. The first-order valence-corrected chi connectivity index (χ1v) is 5.67. The number of halogens is 3. The molecular weight excluding hydrogens is 251 g/mol. The number of aliphatic hydroxyl groups is 1. The van der Waals surface area contributed by atoms with Gasteiger partial charge in [-0.2, -0.15) is 13.2 Å². The number of hydrogen-bond donors (Lipinski definition) is 1. The third-order valence-corrected chi connectivity index (χ3v) is 2.50. The largest absolute Gasteiger partial charge is 0.444 e. The van der Waals surface area contributed by atoms with E-state index in [1.807, 2.05) is 0 Å². The van der Waals surface area contributed by atoms with Crippen molar-refractivity contribution in [1.29, 1.82) is 0 Å². The Morgan fingerprint density at radius 1 is 1.33 bits per heavy atom. The Bertz CT molecular complexity index is 316. The highest BCUT2D eigenvalue weighted by Crippen LogP contribution is 2.32. The van der Waals surface area contributed by atoms with Gasteiger partial charge in [0, 0.05) is 6.42 Å². The fraction of sp³-hybridized carbons (Fsp3) is 0.909. The van der Waals surface area contributed by atoms with Gasteiger partial charge in [-0.3, -0.25) is 0 Å². The molecule has 0 radical (unpaired) electrons. The maximum Gasteiger partial charge on any atom is 0.410 e. The molecule has 18 heavy (non-hydrogen) atoms. The van der Waals surface area contributed by atoms with Crippen molar-refractivity contribution in [3.8, 4) is 0 Å². The van der Waals surface area contributed by atoms with E-state index in [0.717, 1.165) is 0 Å². The highest BCUT2D eigenvalue weighted by atomic mass is 19.4. The van der Waals surface area contributed by atoms with Crippen molar-refractivity contribution in [1.82, 2.24) is 4.90 Å². The minimum Gasteiger partial charge on any atom is -0.444 e. The van der Waals surface area contributed by atoms with Crippen molar-refractivity contribution in [2.75, 3.05) is 13.1 Å². The second-order valence-corrected chi connectivity index (χ2v) is 5.68. The molecule has 4 nitrogen and oxygen atoms in total. The number of rotatable bonds is 2. The lowest BCUT2D eigenvalue weighted by Crippen LogP contribution is -2.64. The number of hydrogen-bond acceptors (Lipinski definition) is 3. The van der Waals surface area contributed by atoms with Crippen LogP contribution >= 0.6 is 0 Å². The Labute approximate surface area is 104 Å². The highest BCUT2D eigenvalue weighted by molar-refractivity contribution is 5.69. The fourth-order valence-corrected chi connectivity index (χ4v) is 1.65. The molecule has 0 unspecified atom stereocenters. The van der Waals surface area contributed by atoms with Crippen LogP contribution in [0.2, 0.25) is 0 Å². The van der Waals surface area contributed by atoms with Crippen LogP contribution in [0.25, 0.3) is 0 Å². The van der Waals surface area contributed by atoms with Crippen LogP contribution < -0.4 is 0 Å². The monoisotopic (exact) mass is 269 g/mol. The molecule has 1 amide bonds. The normalized spacial score (nSPS) is 19.4. The van der Waals surface area contributed by atoms with Crippen LogP contribution in [0.1, 0.15) is 33.6 Å². The number of likely N-dealkylation sites (tertiary alicyclic amines) is 1. The van der Waals surface area contributed by atoms with Crippen molar-refractivity contribution >= 4 is 6.09 Å². The standard InChI is InChI=1S/C11H18F3NO3/c1-9(2,3)18-8(16)15-6-10(17,7-15)4-5-11(12,13)14/h17H,4-7H2,1-3H3. The van der Waals surface area contributed by atoms with Crippen molar-refractivity contribution in [3.05, 3.63) is 0 Å². The Kier molecular flexibility index (Phi) is 3.86. The van der Waals surface area contributed by atoms with Gasteiger partial charge < -0.3 is 14.7 Å². The van der Waals surface area contributed by atoms with Crippen molar-refractivity contribution < 1.29 is 27.8 Å². The van der Waals surface area contributed by atoms with E-state index in [1.165, 1.54) is 4.90 Å². The molecule has 0 saturated carbocycles. The third kappa shape index (κ3) is 4.72. The second-order valence-electron chi connectivity index (χ2n) is 5.68. The number of amides is 1. The molecule has 0 atom stereocenters. The Hall–Kier alpha value is -0.980. The first-order chi connectivity index (χ1) is 7.90. The van der Waals surface area contributed by atoms with Crippen LogP contribution in [0.3, 0.4) is 0 Å². The summed E-state index contributed by atoms with van der Waals surface area (Å²) in [5, 5.41) is 9.74. The van der Waals surface area contributed by atoms with E-state index in [2.05, 4.69) is 0 Å². The molecule has 0 aromatic carbocycles. The summed E-state index contributed by atoms with van der Waals surface area (Å²) in [5.41, 5.74) is -2.09. The van der Waals surface area contributed by atoms with Gasteiger partial charge in [0.1, 0.15) is 11.2 Å². The minimum absolute atomic E-state index is 0.113. The third-order valence-electron chi connectivity index (χ3n) is 2.50. The molecule has 1 rings (SSSR count). The minimum atomic E-state index is -4.29. The summed E-state index contributed by atoms with van der Waals surface area (Å²) in [4.78, 5) is 12.7. The number of carbonyl (C=O) groups is 1. The van der Waals surface area contributed by atoms with E-state index in [4.69, 9.17) is 4.74 Å². The Morgan fingerprint density at radius 3 is 2.22 bits per heavy atom. The predicted octanol–water partition coefficient (Wildman–Crippen LogP) is 2.31. The quantitative estimate of drug-likeness (QED) is 0.837. The molecule has 0 bridgehead atoms. The van der Waals surface area contributed by atoms with Gasteiger partial charge in [-0.05, 0) is 27.2 Å². The molecule has 0 aromatic rings. The summed E-state index contributed by atoms with van der Waals surface area (Å²) >= 11 is 0. The summed E-state index contributed by atoms with van der Waals surface area (Å²) in [6.45, 7) is 4.86. The first-order valence-electron chi connectivity index (χ1n) is 5.67. The Balaban J connectivity index is 2.36. The van der Waals surface area contributed by atoms with Crippen molar-refractivity contribution in [2.45, 2.75) is 51.0 Å². The summed E-state index contributed by atoms with van der Waals surface area (Å²) in [6.07, 6.45) is -6.34. The topological polar surface area (TPSA) is 49.8 Å². The fourth-order valence-electron chi connectivity index (χ4n) is 1.65. The molecule has 106 valence electrons. The molecule has 1 aliphatic rings. The van der Waals surface area contributed by atoms with E-state index < -0.39 is 36.3 Å². The van der Waals surface area contributed by atoms with E-state index in [9.17, 15) is 23.1 Å². The van der Waals surface area contributed by atoms with E-state index in [-0.39, 0.29) is 13.1 Å². The van der Waals surface area contributed by atoms with Crippen LogP contribution in [0.5, 0.6) is 0 Å². The number of β-amino-alcohol motifs (C(OH)–C–C–N with tert-alkyl or cyclic N) is 1. The molecule has 1 aliphatic heterocycles. The van der Waals surface area contributed by atoms with Gasteiger partial charge >= 0.3 is 12.3 Å². The maximum atomic E-state index is 12.0. The lowest BCUT2D eigenvalue weighted by molar-refractivity contribution is -0.162. The van der Waals surface area contributed by atoms with Gasteiger partial charge in [-0.15, -0.1) is 0 Å². The van der Waals surface area contributed by atoms with Crippen LogP contribution in [0.15, 0.2) is 0 Å². The van der Waals surface area contributed by atoms with E-state index in [1.54, 1.807) is 20.8 Å². The summed E-state index contributed by atoms with van der Waals surface area (Å²) in [6, 6.07) is 0. The average molecular weight is 269 g/mol. The van der Waals surface area contributed by atoms with Crippen LogP contribution in [0.4, 0.5) is 18.0 Å². The summed E-state index contributed by atoms with van der Waals surface area (Å²) in [7, 11) is 0. The molecule has 0 aromatic heterocycles. The Morgan fingerprint density at radius 2 is 1.83 bits per heavy atom. The second kappa shape index (κ2) is 4.60. The highest BCUT2D eigenvalue weighted by Gasteiger charge is 2.46. The van der Waals surface area contributed by atoms with Gasteiger partial charge in [0.15, 0.2) is 0 Å². The van der Waals surface area contributed by atoms with Gasteiger partial charge in [0.2, 0.25) is 0 Å². The lowest BCUT2D eigenvalue weighted by Gasteiger charge is -2.46. The van der Waals surface area contributed by atoms with Crippen molar-refractivity contribution in [2.24, 2.45) is 0 Å². The molecule has 7 heteroatoms. The molecule has 0 aliphatic carbocycles. The molecular formula is C11H18F3NO3. The molecule has 1 fully saturated rings. The molecule has 1 heterocycles. The van der Waals surface area contributed by atoms with Gasteiger partial charge in [0.05, 0.1) is 13.1 Å². The SMILES string of the molecule is CC(C)(C)OC(=O)N1CC(O)(CCC(F)(F)F)C1. The zero-order chi connectivity index (χ0) is 14.2. The van der Waals surface area contributed by atoms with E-state index >= 15 is 0 Å². The average Bonchev–Trinajstić information content (AvgIpc) is 2.06. The molecule has 1 N–H and O–H groups in total. The summed E-state index contributed by atoms with van der Waals surface area (Å²) < 4.78 is 41.1. The smallest absolute Gasteiger partial charge is 0.410 e. The van der Waals surface area contributed by atoms with Crippen LogP contribution in [0, 0.1) is 0 Å². The number of ether oxygens (including phenoxy) is 1. The van der Waals surface area contributed by atoms with Crippen LogP contribution in [-0.2, 0) is 4.74 Å². The number of nitrogens with zero attached hydrogens (tertiary/aromatic N) is 1. The van der Waals surface area contributed by atoms with E-state index in [0.29, 0.717) is 0 Å². The number of carbonyl (C=O) groups excluding carboxylic acids is 1. The predicted molar refractivity (Wildman–Crippen MR) is 58.0 cm³/mol. The van der Waals surface area contributed by atoms with Crippen molar-refractivity contribution in [3.63, 3.8) is 0 Å². The maximum absolute atomic E-state index is 12.0. The zero-order valence-corrected chi connectivity index (χ0v) is 10.7. The zero-order valence-electron chi connectivity index (χ0n) is 10.7. The van der Waals surface area contributed by atoms with Gasteiger partial charge in [0.25, 0.3) is 0 Å². The van der Waals surface area contributed by atoms with Gasteiger partial charge in [-0.1, -0.05) is 0 Å². The van der Waals surface area contributed by atoms with Gasteiger partial charge in [-0.25, -0.2) is 4.79 Å².